The first-order valence-corrected chi connectivity index (χ1v) is 25.9. The van der Waals surface area contributed by atoms with E-state index in [1.54, 1.807) is 53.1 Å². The molecular formula is C55H69N13O7. The van der Waals surface area contributed by atoms with E-state index in [1.165, 1.54) is 22.6 Å². The van der Waals surface area contributed by atoms with Gasteiger partial charge in [0.25, 0.3) is 0 Å². The lowest BCUT2D eigenvalue weighted by molar-refractivity contribution is 0.0212. The lowest BCUT2D eigenvalue weighted by atomic mass is 9.88. The number of aromatic carboxylic acids is 1. The van der Waals surface area contributed by atoms with Crippen LogP contribution in [0.5, 0.6) is 12.0 Å². The maximum absolute atomic E-state index is 13.2. The molecule has 10 rings (SSSR count). The molecule has 6 aromatic heterocycles. The van der Waals surface area contributed by atoms with Gasteiger partial charge in [-0.2, -0.15) is 30.5 Å². The Morgan fingerprint density at radius 3 is 1.52 bits per heavy atom. The topological polar surface area (TPSA) is 302 Å². The molecule has 2 saturated carbocycles. The van der Waals surface area contributed by atoms with E-state index in [-0.39, 0.29) is 60.8 Å². The van der Waals surface area contributed by atoms with Gasteiger partial charge in [0.1, 0.15) is 41.8 Å². The third-order valence-electron chi connectivity index (χ3n) is 15.3. The number of nitrogens with zero attached hydrogens (tertiary/aromatic N) is 10. The first-order valence-electron chi connectivity index (χ1n) is 25.9. The summed E-state index contributed by atoms with van der Waals surface area (Å²) in [5, 5.41) is 49.7. The number of pyridine rings is 2. The number of fused-ring (bicyclic) bond motifs is 2. The van der Waals surface area contributed by atoms with Gasteiger partial charge in [-0.25, -0.2) is 14.8 Å². The van der Waals surface area contributed by atoms with Crippen molar-refractivity contribution in [1.29, 1.82) is 10.5 Å². The van der Waals surface area contributed by atoms with Crippen molar-refractivity contribution in [1.82, 2.24) is 39.9 Å². The molecule has 2 saturated heterocycles. The van der Waals surface area contributed by atoms with Crippen LogP contribution in [0.15, 0.2) is 61.2 Å². The molecule has 8 heterocycles. The summed E-state index contributed by atoms with van der Waals surface area (Å²) < 4.78 is 11.5. The number of hydrogen-bond donors (Lipinski definition) is 6. The number of aromatic amines is 2. The lowest BCUT2D eigenvalue weighted by Crippen LogP contribution is -2.40. The summed E-state index contributed by atoms with van der Waals surface area (Å²) in [5.41, 5.74) is 7.22. The second kappa shape index (κ2) is 22.3. The minimum absolute atomic E-state index is 0.0150. The van der Waals surface area contributed by atoms with Crippen LogP contribution in [0.4, 0.5) is 11.6 Å². The first-order chi connectivity index (χ1) is 35.7. The van der Waals surface area contributed by atoms with E-state index in [9.17, 15) is 30.3 Å². The standard InChI is InChI=1S/C28H34N6O3.C22H22N6O3.C5H13NO/c1-18(27(2,3)36)13-23(35)22-14-24(33-26(32-22)37-17-28(16-29)8-9-28)34-11-6-19(7-12-34)21-15-31-25-20(21)5-4-10-30-25;23-12-22(5-6-22)13-31-21-26-17(20(29)30)10-18(27-21)28-8-3-14(4-9-28)16-11-25-19-15(16)2-1-7-24-19;1-4(6)5(2,3)7/h4-5,10,14-15,18-19,36H,6-9,11-13,17H2,1-3H3,(H,30,31);1-2,7,10-11,14H,3-6,8-9,13H2,(H,24,25)(H,29,30);4,7H,6H2,1-3H3. The van der Waals surface area contributed by atoms with Gasteiger partial charge in [0, 0.05) is 86.3 Å². The van der Waals surface area contributed by atoms with Gasteiger partial charge in [0.15, 0.2) is 11.5 Å². The number of carbonyl (C=O) groups is 2. The number of nitrogens with one attached hydrogen (secondary N) is 2. The highest BCUT2D eigenvalue weighted by Crippen LogP contribution is 2.46. The van der Waals surface area contributed by atoms with E-state index in [1.807, 2.05) is 25.3 Å². The zero-order chi connectivity index (χ0) is 53.7. The SMILES string of the molecule is CC(CC(=O)c1cc(N2CCC(c3c[nH]c4ncccc34)CC2)nc(OCC2(C#N)CC2)n1)C(C)(C)O.CC(N)C(C)(C)O.N#CC1(COc2nc(C(=O)O)cc(N3CCC(c4c[nH]c5ncccc45)CC3)n2)CC1. The van der Waals surface area contributed by atoms with Crippen LogP contribution in [-0.2, 0) is 0 Å². The quantitative estimate of drug-likeness (QED) is 0.0508. The Morgan fingerprint density at radius 2 is 1.15 bits per heavy atom. The van der Waals surface area contributed by atoms with Crippen LogP contribution < -0.4 is 25.0 Å². The molecule has 0 bridgehead atoms. The highest BCUT2D eigenvalue weighted by Gasteiger charge is 2.45. The number of aliphatic hydroxyl groups is 2. The molecule has 0 amide bonds. The molecule has 20 heteroatoms. The number of nitriles is 2. The number of Topliss-reactive ketones (excluding diaryl/α,β-unsaturated/α-hetero) is 1. The predicted molar refractivity (Wildman–Crippen MR) is 281 cm³/mol. The van der Waals surface area contributed by atoms with Gasteiger partial charge in [-0.3, -0.25) is 4.79 Å². The largest absolute Gasteiger partial charge is 0.477 e. The first kappa shape index (κ1) is 54.0. The van der Waals surface area contributed by atoms with Crippen LogP contribution >= 0.6 is 0 Å². The number of nitrogens with two attached hydrogens (primary N) is 1. The van der Waals surface area contributed by atoms with Gasteiger partial charge in [-0.05, 0) is 139 Å². The molecule has 4 aliphatic rings. The van der Waals surface area contributed by atoms with Crippen molar-refractivity contribution in [2.24, 2.45) is 22.5 Å². The summed E-state index contributed by atoms with van der Waals surface area (Å²) in [6.45, 7) is 13.9. The zero-order valence-electron chi connectivity index (χ0n) is 43.7. The van der Waals surface area contributed by atoms with Crippen LogP contribution in [0.2, 0.25) is 0 Å². The van der Waals surface area contributed by atoms with Gasteiger partial charge in [-0.15, -0.1) is 0 Å². The molecule has 6 aromatic rings. The summed E-state index contributed by atoms with van der Waals surface area (Å²) in [5.74, 6) is 0.481. The predicted octanol–water partition coefficient (Wildman–Crippen LogP) is 7.62. The second-order valence-corrected chi connectivity index (χ2v) is 21.9. The van der Waals surface area contributed by atoms with Crippen molar-refractivity contribution in [2.45, 2.75) is 128 Å². The van der Waals surface area contributed by atoms with E-state index in [2.05, 4.69) is 80.1 Å². The van der Waals surface area contributed by atoms with E-state index < -0.39 is 28.0 Å². The molecular weight excluding hydrogens is 955 g/mol. The number of piperidine rings is 2. The Hall–Kier alpha value is -7.26. The second-order valence-electron chi connectivity index (χ2n) is 21.9. The Bertz CT molecular complexity index is 3050. The van der Waals surface area contributed by atoms with Crippen molar-refractivity contribution in [2.75, 3.05) is 49.2 Å². The number of carboxylic acid groups (broad SMARTS) is 1. The Morgan fingerprint density at radius 1 is 0.733 bits per heavy atom. The molecule has 20 nitrogen and oxygen atoms in total. The fourth-order valence-corrected chi connectivity index (χ4v) is 8.92. The maximum atomic E-state index is 13.2. The summed E-state index contributed by atoms with van der Waals surface area (Å²) in [6, 6.07) is 15.9. The molecule has 75 heavy (non-hydrogen) atoms. The van der Waals surface area contributed by atoms with Gasteiger partial charge < -0.3 is 50.3 Å². The number of carbonyl (C=O) groups excluding carboxylic acids is 1. The number of rotatable bonds is 16. The Kier molecular flexibility index (Phi) is 16.1. The van der Waals surface area contributed by atoms with E-state index >= 15 is 0 Å². The number of anilines is 2. The average molecular weight is 1020 g/mol. The molecule has 0 radical (unpaired) electrons. The van der Waals surface area contributed by atoms with Gasteiger partial charge in [0.2, 0.25) is 0 Å². The highest BCUT2D eigenvalue weighted by molar-refractivity contribution is 5.95. The summed E-state index contributed by atoms with van der Waals surface area (Å²) in [6.07, 6.45) is 14.7. The minimum atomic E-state index is -1.13. The van der Waals surface area contributed by atoms with Gasteiger partial charge >= 0.3 is 18.0 Å². The number of ether oxygens (including phenoxy) is 2. The van der Waals surface area contributed by atoms with Crippen LogP contribution in [0.25, 0.3) is 22.1 Å². The normalized spacial score (nSPS) is 18.1. The molecule has 0 aromatic carbocycles. The number of hydrogen-bond acceptors (Lipinski definition) is 17. The van der Waals surface area contributed by atoms with Crippen molar-refractivity contribution in [3.05, 3.63) is 83.7 Å². The highest BCUT2D eigenvalue weighted by atomic mass is 16.5. The molecule has 2 aliphatic carbocycles. The third-order valence-corrected chi connectivity index (χ3v) is 15.3. The van der Waals surface area contributed by atoms with Crippen molar-refractivity contribution in [3.8, 4) is 24.2 Å². The molecule has 0 spiro atoms. The summed E-state index contributed by atoms with van der Waals surface area (Å²) in [7, 11) is 0. The Balaban J connectivity index is 0.000000179. The average Bonchev–Trinajstić information content (AvgIpc) is 4.29. The minimum Gasteiger partial charge on any atom is -0.477 e. The molecule has 2 aliphatic heterocycles. The molecule has 7 N–H and O–H groups in total. The molecule has 4 fully saturated rings. The zero-order valence-corrected chi connectivity index (χ0v) is 43.7. The number of ketones is 1. The van der Waals surface area contributed by atoms with Crippen molar-refractivity contribution < 1.29 is 34.4 Å². The summed E-state index contributed by atoms with van der Waals surface area (Å²) in [4.78, 5) is 61.7. The fourth-order valence-electron chi connectivity index (χ4n) is 8.92. The number of H-pyrrole nitrogens is 2. The van der Waals surface area contributed by atoms with Crippen LogP contribution in [0.3, 0.4) is 0 Å². The molecule has 2 atom stereocenters. The number of carboxylic acids is 1. The lowest BCUT2D eigenvalue weighted by Gasteiger charge is -2.33. The fraction of sp³-hybridized carbons (Fsp3) is 0.527. The van der Waals surface area contributed by atoms with Crippen LogP contribution in [0.1, 0.15) is 143 Å². The van der Waals surface area contributed by atoms with E-state index in [0.29, 0.717) is 23.5 Å². The monoisotopic (exact) mass is 1020 g/mol. The number of aromatic nitrogens is 8. The van der Waals surface area contributed by atoms with Gasteiger partial charge in [0.05, 0.1) is 34.2 Å². The van der Waals surface area contributed by atoms with Crippen LogP contribution in [0, 0.1) is 39.4 Å². The molecule has 396 valence electrons. The molecule has 2 unspecified atom stereocenters. The van der Waals surface area contributed by atoms with E-state index in [4.69, 9.17) is 20.3 Å². The third kappa shape index (κ3) is 13.4. The van der Waals surface area contributed by atoms with Crippen LogP contribution in [-0.4, -0.2) is 124 Å². The van der Waals surface area contributed by atoms with Crippen molar-refractivity contribution in [3.63, 3.8) is 0 Å². The summed E-state index contributed by atoms with van der Waals surface area (Å²) >= 11 is 0. The smallest absolute Gasteiger partial charge is 0.354 e. The van der Waals surface area contributed by atoms with Crippen molar-refractivity contribution >= 4 is 45.5 Å². The van der Waals surface area contributed by atoms with E-state index in [0.717, 1.165) is 94.2 Å². The van der Waals surface area contributed by atoms with Gasteiger partial charge in [-0.1, -0.05) is 6.92 Å². The Labute approximate surface area is 436 Å². The maximum Gasteiger partial charge on any atom is 0.354 e.